The van der Waals surface area contributed by atoms with E-state index in [9.17, 15) is 0 Å². The Kier molecular flexibility index (Phi) is 6.07. The number of nitrogens with zero attached hydrogens (tertiary/aromatic N) is 1. The first kappa shape index (κ1) is 16.1. The highest BCUT2D eigenvalue weighted by Crippen LogP contribution is 2.24. The van der Waals surface area contributed by atoms with Gasteiger partial charge in [-0.05, 0) is 32.2 Å². The van der Waals surface area contributed by atoms with Crippen LogP contribution in [-0.2, 0) is 0 Å². The Morgan fingerprint density at radius 3 is 2.68 bits per heavy atom. The lowest BCUT2D eigenvalue weighted by molar-refractivity contribution is 0.332. The van der Waals surface area contributed by atoms with Crippen LogP contribution in [0.15, 0.2) is 47.5 Å². The Morgan fingerprint density at radius 1 is 1.14 bits per heavy atom. The fourth-order valence-corrected chi connectivity index (χ4v) is 2.23. The molecule has 0 aliphatic rings. The number of rotatable bonds is 6. The fourth-order valence-electron chi connectivity index (χ4n) is 2.23. The zero-order valence-electron chi connectivity index (χ0n) is 13.6. The first-order chi connectivity index (χ1) is 10.7. The van der Waals surface area contributed by atoms with E-state index in [1.807, 2.05) is 24.3 Å². The molecule has 0 aliphatic heterocycles. The maximum atomic E-state index is 5.89. The van der Waals surface area contributed by atoms with Crippen molar-refractivity contribution in [3.63, 3.8) is 0 Å². The van der Waals surface area contributed by atoms with Crippen molar-refractivity contribution in [3.8, 4) is 5.75 Å². The van der Waals surface area contributed by atoms with Crippen LogP contribution >= 0.6 is 0 Å². The van der Waals surface area contributed by atoms with Crippen LogP contribution in [0, 0.1) is 0 Å². The molecule has 0 saturated heterocycles. The van der Waals surface area contributed by atoms with E-state index >= 15 is 0 Å². The third kappa shape index (κ3) is 4.65. The Hall–Kier alpha value is -2.23. The molecule has 2 aromatic rings. The monoisotopic (exact) mass is 299 g/mol. The SMILES string of the molecule is CCNC(=NCCOc1cccc2ccccc12)NC(C)C. The molecule has 0 radical (unpaired) electrons. The fraction of sp³-hybridized carbons (Fsp3) is 0.389. The second kappa shape index (κ2) is 8.27. The lowest BCUT2D eigenvalue weighted by Gasteiger charge is -2.14. The number of aliphatic imine (C=N–C) groups is 1. The van der Waals surface area contributed by atoms with Gasteiger partial charge >= 0.3 is 0 Å². The van der Waals surface area contributed by atoms with Gasteiger partial charge in [0, 0.05) is 18.0 Å². The minimum atomic E-state index is 0.358. The van der Waals surface area contributed by atoms with Crippen molar-refractivity contribution in [2.75, 3.05) is 19.7 Å². The Bertz CT molecular complexity index is 617. The lowest BCUT2D eigenvalue weighted by atomic mass is 10.1. The van der Waals surface area contributed by atoms with Crippen molar-refractivity contribution in [3.05, 3.63) is 42.5 Å². The summed E-state index contributed by atoms with van der Waals surface area (Å²) in [5.74, 6) is 1.74. The molecule has 0 unspecified atom stereocenters. The van der Waals surface area contributed by atoms with Crippen molar-refractivity contribution in [1.29, 1.82) is 0 Å². The largest absolute Gasteiger partial charge is 0.491 e. The van der Waals surface area contributed by atoms with Crippen molar-refractivity contribution in [2.45, 2.75) is 26.8 Å². The molecule has 4 heteroatoms. The minimum Gasteiger partial charge on any atom is -0.491 e. The van der Waals surface area contributed by atoms with E-state index in [2.05, 4.69) is 54.6 Å². The van der Waals surface area contributed by atoms with Crippen LogP contribution < -0.4 is 15.4 Å². The summed E-state index contributed by atoms with van der Waals surface area (Å²) in [6, 6.07) is 14.7. The smallest absolute Gasteiger partial charge is 0.191 e. The topological polar surface area (TPSA) is 45.7 Å². The van der Waals surface area contributed by atoms with Gasteiger partial charge in [0.15, 0.2) is 5.96 Å². The van der Waals surface area contributed by atoms with Crippen LogP contribution in [0.5, 0.6) is 5.75 Å². The van der Waals surface area contributed by atoms with Crippen LogP contribution in [-0.4, -0.2) is 31.7 Å². The standard InChI is InChI=1S/C18H25N3O/c1-4-19-18(21-14(2)3)20-12-13-22-17-11-7-9-15-8-5-6-10-16(15)17/h5-11,14H,4,12-13H2,1-3H3,(H2,19,20,21). The summed E-state index contributed by atoms with van der Waals surface area (Å²) in [4.78, 5) is 4.52. The number of guanidine groups is 1. The van der Waals surface area contributed by atoms with Crippen LogP contribution in [0.25, 0.3) is 10.8 Å². The molecule has 0 bridgehead atoms. The number of hydrogen-bond donors (Lipinski definition) is 2. The van der Waals surface area contributed by atoms with E-state index < -0.39 is 0 Å². The normalized spacial score (nSPS) is 11.7. The summed E-state index contributed by atoms with van der Waals surface area (Å²) in [6.45, 7) is 8.28. The molecule has 0 atom stereocenters. The Morgan fingerprint density at radius 2 is 1.91 bits per heavy atom. The van der Waals surface area contributed by atoms with Crippen molar-refractivity contribution < 1.29 is 4.74 Å². The number of nitrogens with one attached hydrogen (secondary N) is 2. The molecule has 2 aromatic carbocycles. The number of fused-ring (bicyclic) bond motifs is 1. The molecule has 0 amide bonds. The molecule has 0 heterocycles. The summed E-state index contributed by atoms with van der Waals surface area (Å²) in [6.07, 6.45) is 0. The van der Waals surface area contributed by atoms with Gasteiger partial charge in [0.25, 0.3) is 0 Å². The number of benzene rings is 2. The summed E-state index contributed by atoms with van der Waals surface area (Å²) in [5, 5.41) is 8.85. The minimum absolute atomic E-state index is 0.358. The predicted molar refractivity (Wildman–Crippen MR) is 93.7 cm³/mol. The van der Waals surface area contributed by atoms with Gasteiger partial charge in [0.2, 0.25) is 0 Å². The van der Waals surface area contributed by atoms with Gasteiger partial charge < -0.3 is 15.4 Å². The van der Waals surface area contributed by atoms with E-state index in [1.165, 1.54) is 5.39 Å². The quantitative estimate of drug-likeness (QED) is 0.489. The maximum absolute atomic E-state index is 5.89. The van der Waals surface area contributed by atoms with Crippen LogP contribution in [0.2, 0.25) is 0 Å². The van der Waals surface area contributed by atoms with E-state index in [0.29, 0.717) is 19.2 Å². The highest BCUT2D eigenvalue weighted by Gasteiger charge is 2.02. The zero-order valence-corrected chi connectivity index (χ0v) is 13.6. The first-order valence-corrected chi connectivity index (χ1v) is 7.86. The van der Waals surface area contributed by atoms with Gasteiger partial charge in [-0.25, -0.2) is 4.99 Å². The summed E-state index contributed by atoms with van der Waals surface area (Å²) in [5.41, 5.74) is 0. The molecule has 22 heavy (non-hydrogen) atoms. The number of hydrogen-bond acceptors (Lipinski definition) is 2. The third-order valence-electron chi connectivity index (χ3n) is 3.14. The molecule has 0 aromatic heterocycles. The van der Waals surface area contributed by atoms with Crippen molar-refractivity contribution in [2.24, 2.45) is 4.99 Å². The van der Waals surface area contributed by atoms with Gasteiger partial charge in [-0.3, -0.25) is 0 Å². The summed E-state index contributed by atoms with van der Waals surface area (Å²) < 4.78 is 5.89. The molecule has 0 aliphatic carbocycles. The van der Waals surface area contributed by atoms with E-state index in [0.717, 1.165) is 23.6 Å². The molecule has 0 fully saturated rings. The van der Waals surface area contributed by atoms with Gasteiger partial charge in [0.05, 0.1) is 6.54 Å². The van der Waals surface area contributed by atoms with Crippen LogP contribution in [0.4, 0.5) is 0 Å². The lowest BCUT2D eigenvalue weighted by Crippen LogP contribution is -2.41. The second-order valence-corrected chi connectivity index (χ2v) is 5.39. The maximum Gasteiger partial charge on any atom is 0.191 e. The van der Waals surface area contributed by atoms with Crippen molar-refractivity contribution in [1.82, 2.24) is 10.6 Å². The highest BCUT2D eigenvalue weighted by molar-refractivity contribution is 5.88. The van der Waals surface area contributed by atoms with Gasteiger partial charge in [-0.15, -0.1) is 0 Å². The Labute approximate surface area is 132 Å². The second-order valence-electron chi connectivity index (χ2n) is 5.39. The van der Waals surface area contributed by atoms with Gasteiger partial charge in [0.1, 0.15) is 12.4 Å². The molecule has 0 saturated carbocycles. The molecule has 2 N–H and O–H groups in total. The molecule has 0 spiro atoms. The van der Waals surface area contributed by atoms with E-state index in [-0.39, 0.29) is 0 Å². The van der Waals surface area contributed by atoms with Gasteiger partial charge in [-0.1, -0.05) is 36.4 Å². The van der Waals surface area contributed by atoms with Crippen LogP contribution in [0.1, 0.15) is 20.8 Å². The van der Waals surface area contributed by atoms with E-state index in [4.69, 9.17) is 4.74 Å². The average Bonchev–Trinajstić information content (AvgIpc) is 2.51. The average molecular weight is 299 g/mol. The molecule has 118 valence electrons. The molecule has 2 rings (SSSR count). The van der Waals surface area contributed by atoms with E-state index in [1.54, 1.807) is 0 Å². The van der Waals surface area contributed by atoms with Gasteiger partial charge in [-0.2, -0.15) is 0 Å². The zero-order chi connectivity index (χ0) is 15.8. The molecule has 4 nitrogen and oxygen atoms in total. The number of ether oxygens (including phenoxy) is 1. The first-order valence-electron chi connectivity index (χ1n) is 7.86. The predicted octanol–water partition coefficient (Wildman–Crippen LogP) is 3.18. The summed E-state index contributed by atoms with van der Waals surface area (Å²) >= 11 is 0. The van der Waals surface area contributed by atoms with Crippen molar-refractivity contribution >= 4 is 16.7 Å². The third-order valence-corrected chi connectivity index (χ3v) is 3.14. The highest BCUT2D eigenvalue weighted by atomic mass is 16.5. The summed E-state index contributed by atoms with van der Waals surface area (Å²) in [7, 11) is 0. The van der Waals surface area contributed by atoms with Crippen LogP contribution in [0.3, 0.4) is 0 Å². The molecular formula is C18H25N3O. The Balaban J connectivity index is 1.94. The molecular weight excluding hydrogens is 274 g/mol.